The summed E-state index contributed by atoms with van der Waals surface area (Å²) in [6.07, 6.45) is 4.56. The zero-order valence-electron chi connectivity index (χ0n) is 6.29. The maximum absolute atomic E-state index is 9.28. The fourth-order valence-electron chi connectivity index (χ4n) is 0.134. The molecule has 0 aromatic rings. The molecule has 70 valence electrons. The predicted molar refractivity (Wildman–Crippen MR) is 45.7 cm³/mol. The van der Waals surface area contributed by atoms with Gasteiger partial charge in [-0.1, -0.05) is 20.8 Å². The van der Waals surface area contributed by atoms with Crippen molar-refractivity contribution in [1.82, 2.24) is 5.43 Å². The van der Waals surface area contributed by atoms with Gasteiger partial charge in [-0.05, 0) is 0 Å². The van der Waals surface area contributed by atoms with Crippen LogP contribution in [0.15, 0.2) is 5.10 Å². The summed E-state index contributed by atoms with van der Waals surface area (Å²) in [4.78, 5) is 18.3. The van der Waals surface area contributed by atoms with E-state index in [-0.39, 0.29) is 28.5 Å². The zero-order chi connectivity index (χ0) is 8.24. The number of unbranched alkanes of at least 4 members (excludes halogenated alkanes) is 1. The summed E-state index contributed by atoms with van der Waals surface area (Å²) in [5.41, 5.74) is 1.82. The van der Waals surface area contributed by atoms with Gasteiger partial charge in [-0.15, -0.1) is 6.41 Å². The number of hydrazone groups is 1. The Morgan fingerprint density at radius 3 is 2.00 bits per heavy atom. The molecule has 0 bridgehead atoms. The summed E-state index contributed by atoms with van der Waals surface area (Å²) in [6.45, 7) is 4.88. The SMILES string of the molecule is C.C=NN[C-]=O.CCC[C-]=O.[W+2]. The van der Waals surface area contributed by atoms with Crippen LogP contribution in [0.3, 0.4) is 0 Å². The third kappa shape index (κ3) is 56.1. The minimum Gasteiger partial charge on any atom is -0.542 e. The van der Waals surface area contributed by atoms with Crippen LogP contribution in [-0.4, -0.2) is 19.4 Å². The fourth-order valence-corrected chi connectivity index (χ4v) is 0.134. The number of rotatable bonds is 4. The molecule has 0 rings (SSSR count). The normalized spacial score (nSPS) is 5.42. The van der Waals surface area contributed by atoms with Gasteiger partial charge in [0, 0.05) is 6.72 Å². The van der Waals surface area contributed by atoms with Crippen LogP contribution in [0, 0.1) is 0 Å². The minimum atomic E-state index is 0. The number of nitrogens with zero attached hydrogens (tertiary/aromatic N) is 1. The first-order valence-corrected chi connectivity index (χ1v) is 2.76. The van der Waals surface area contributed by atoms with Gasteiger partial charge in [0.25, 0.3) is 0 Å². The van der Waals surface area contributed by atoms with Gasteiger partial charge in [0.15, 0.2) is 0 Å². The van der Waals surface area contributed by atoms with Crippen molar-refractivity contribution in [3.8, 4) is 0 Å². The number of amides is 1. The maximum atomic E-state index is 9.28. The molecule has 0 fully saturated rings. The van der Waals surface area contributed by atoms with Crippen LogP contribution in [0.1, 0.15) is 27.2 Å². The van der Waals surface area contributed by atoms with Gasteiger partial charge in [0.05, 0.1) is 0 Å². The molecule has 0 radical (unpaired) electrons. The van der Waals surface area contributed by atoms with Crippen LogP contribution in [-0.2, 0) is 30.7 Å². The van der Waals surface area contributed by atoms with E-state index in [0.717, 1.165) is 6.42 Å². The van der Waals surface area contributed by atoms with Crippen molar-refractivity contribution >= 4 is 19.4 Å². The third-order valence-corrected chi connectivity index (χ3v) is 0.477. The molecule has 0 unspecified atom stereocenters. The van der Waals surface area contributed by atoms with Crippen LogP contribution < -0.4 is 5.43 Å². The quantitative estimate of drug-likeness (QED) is 0.356. The molecule has 0 atom stereocenters. The van der Waals surface area contributed by atoms with E-state index in [1.165, 1.54) is 6.41 Å². The Labute approximate surface area is 88.1 Å². The first-order chi connectivity index (χ1) is 4.83. The number of carbonyl (C=O) groups excluding carboxylic acids is 2. The van der Waals surface area contributed by atoms with Crippen LogP contribution in [0.5, 0.6) is 0 Å². The van der Waals surface area contributed by atoms with Gasteiger partial charge < -0.3 is 15.0 Å². The molecule has 0 aliphatic carbocycles. The molecular formula is C7H14N2O2W. The predicted octanol–water partition coefficient (Wildman–Crippen LogP) is 0.789. The van der Waals surface area contributed by atoms with Crippen molar-refractivity contribution in [3.63, 3.8) is 0 Å². The second kappa shape index (κ2) is 31.3. The second-order valence-corrected chi connectivity index (χ2v) is 1.27. The Bertz CT molecular complexity index is 93.4. The van der Waals surface area contributed by atoms with Gasteiger partial charge >= 0.3 is 21.1 Å². The second-order valence-electron chi connectivity index (χ2n) is 1.27. The molecule has 0 saturated carbocycles. The number of nitrogens with one attached hydrogen (secondary N) is 1. The van der Waals surface area contributed by atoms with Crippen LogP contribution >= 0.6 is 0 Å². The molecule has 1 amide bonds. The van der Waals surface area contributed by atoms with E-state index in [4.69, 9.17) is 4.79 Å². The molecule has 0 aliphatic heterocycles. The van der Waals surface area contributed by atoms with Crippen LogP contribution in [0.2, 0.25) is 0 Å². The van der Waals surface area contributed by atoms with Gasteiger partial charge in [0.2, 0.25) is 0 Å². The summed E-state index contributed by atoms with van der Waals surface area (Å²) in [5, 5.41) is 2.93. The summed E-state index contributed by atoms with van der Waals surface area (Å²) >= 11 is 0. The van der Waals surface area contributed by atoms with Crippen molar-refractivity contribution < 1.29 is 30.7 Å². The summed E-state index contributed by atoms with van der Waals surface area (Å²) in [6, 6.07) is 0. The Morgan fingerprint density at radius 2 is 2.00 bits per heavy atom. The molecule has 0 aromatic heterocycles. The Kier molecular flexibility index (Phi) is 58.8. The topological polar surface area (TPSA) is 58.5 Å². The largest absolute Gasteiger partial charge is 2.00 e. The molecule has 0 heterocycles. The first kappa shape index (κ1) is 22.5. The van der Waals surface area contributed by atoms with E-state index < -0.39 is 0 Å². The summed E-state index contributed by atoms with van der Waals surface area (Å²) in [5.74, 6) is 0. The van der Waals surface area contributed by atoms with Crippen LogP contribution in [0.25, 0.3) is 0 Å². The average molecular weight is 342 g/mol. The Morgan fingerprint density at radius 1 is 1.50 bits per heavy atom. The first-order valence-electron chi connectivity index (χ1n) is 2.76. The van der Waals surface area contributed by atoms with E-state index in [1.54, 1.807) is 6.29 Å². The summed E-state index contributed by atoms with van der Waals surface area (Å²) in [7, 11) is 0. The molecular weight excluding hydrogens is 328 g/mol. The molecule has 0 spiro atoms. The Hall–Kier alpha value is -0.502. The van der Waals surface area contributed by atoms with Gasteiger partial charge in [-0.2, -0.15) is 6.42 Å². The number of hydrogen-bond donors (Lipinski definition) is 1. The Balaban J connectivity index is -0.0000000457. The van der Waals surface area contributed by atoms with Crippen molar-refractivity contribution in [2.45, 2.75) is 27.2 Å². The van der Waals surface area contributed by atoms with E-state index in [0.29, 0.717) is 6.42 Å². The third-order valence-electron chi connectivity index (χ3n) is 0.477. The van der Waals surface area contributed by atoms with E-state index in [2.05, 4.69) is 11.8 Å². The number of hydrogen-bond acceptors (Lipinski definition) is 3. The van der Waals surface area contributed by atoms with Gasteiger partial charge in [-0.25, -0.2) is 5.10 Å². The monoisotopic (exact) mass is 342 g/mol. The molecule has 0 saturated heterocycles. The minimum absolute atomic E-state index is 0. The van der Waals surface area contributed by atoms with E-state index in [1.807, 2.05) is 12.3 Å². The molecule has 12 heavy (non-hydrogen) atoms. The molecule has 0 aliphatic rings. The fraction of sp³-hybridized carbons (Fsp3) is 0.571. The van der Waals surface area contributed by atoms with E-state index >= 15 is 0 Å². The summed E-state index contributed by atoms with van der Waals surface area (Å²) < 4.78 is 0. The smallest absolute Gasteiger partial charge is 0.542 e. The van der Waals surface area contributed by atoms with Crippen LogP contribution in [0.4, 0.5) is 0 Å². The van der Waals surface area contributed by atoms with Crippen molar-refractivity contribution in [1.29, 1.82) is 0 Å². The molecule has 1 N–H and O–H groups in total. The van der Waals surface area contributed by atoms with Crippen molar-refractivity contribution in [2.24, 2.45) is 5.10 Å². The maximum Gasteiger partial charge on any atom is 2.00 e. The molecule has 5 heteroatoms. The average Bonchev–Trinajstić information content (AvgIpc) is 1.93. The van der Waals surface area contributed by atoms with Gasteiger partial charge in [0.1, 0.15) is 0 Å². The zero-order valence-corrected chi connectivity index (χ0v) is 9.23. The van der Waals surface area contributed by atoms with Gasteiger partial charge in [-0.3, -0.25) is 6.29 Å². The molecule has 4 nitrogen and oxygen atoms in total. The van der Waals surface area contributed by atoms with E-state index in [9.17, 15) is 4.79 Å². The standard InChI is InChI=1S/C4H7O.C2H3N2O.CH4.W/c1-2-3-4-5;1-3-4-2-5;;/h2-3H2,1H3;1H2,(H,4,5);1H4;/q2*-1;;+2. The molecule has 0 aromatic carbocycles. The van der Waals surface area contributed by atoms with Crippen molar-refractivity contribution in [3.05, 3.63) is 0 Å². The van der Waals surface area contributed by atoms with Crippen molar-refractivity contribution in [2.75, 3.05) is 0 Å².